The molecule has 0 amide bonds. The fourth-order valence-corrected chi connectivity index (χ4v) is 4.39. The van der Waals surface area contributed by atoms with Crippen LogP contribution in [0.25, 0.3) is 20.2 Å². The highest BCUT2D eigenvalue weighted by Crippen LogP contribution is 2.32. The molecule has 4 heteroatoms. The Kier molecular flexibility index (Phi) is 2.87. The maximum atomic E-state index is 13.3. The predicted molar refractivity (Wildman–Crippen MR) is 87.0 cm³/mol. The molecular formula is C17H9FOS2. The van der Waals surface area contributed by atoms with Gasteiger partial charge >= 0.3 is 0 Å². The summed E-state index contributed by atoms with van der Waals surface area (Å²) in [6.45, 7) is 0. The van der Waals surface area contributed by atoms with E-state index in [1.807, 2.05) is 35.7 Å². The van der Waals surface area contributed by atoms with Gasteiger partial charge in [-0.1, -0.05) is 24.3 Å². The van der Waals surface area contributed by atoms with Crippen molar-refractivity contribution in [3.63, 3.8) is 0 Å². The second-order valence-electron chi connectivity index (χ2n) is 4.77. The summed E-state index contributed by atoms with van der Waals surface area (Å²) >= 11 is 2.91. The molecule has 0 atom stereocenters. The second kappa shape index (κ2) is 4.76. The van der Waals surface area contributed by atoms with Gasteiger partial charge < -0.3 is 0 Å². The lowest BCUT2D eigenvalue weighted by Gasteiger charge is -1.95. The average molecular weight is 312 g/mol. The molecule has 102 valence electrons. The third-order valence-electron chi connectivity index (χ3n) is 3.43. The standard InChI is InChI=1S/C17H9FOS2/c18-11-6-5-10-7-16(21-15(10)8-11)17(19)13-9-20-14-4-2-1-3-12(13)14/h1-9H. The van der Waals surface area contributed by atoms with Crippen LogP contribution in [0, 0.1) is 5.82 Å². The van der Waals surface area contributed by atoms with Gasteiger partial charge in [-0.05, 0) is 29.7 Å². The Labute approximate surface area is 128 Å². The van der Waals surface area contributed by atoms with E-state index in [2.05, 4.69) is 0 Å². The summed E-state index contributed by atoms with van der Waals surface area (Å²) in [4.78, 5) is 13.4. The van der Waals surface area contributed by atoms with Gasteiger partial charge in [-0.2, -0.15) is 0 Å². The number of halogens is 1. The average Bonchev–Trinajstić information content (AvgIpc) is 3.09. The number of rotatable bonds is 2. The van der Waals surface area contributed by atoms with E-state index in [9.17, 15) is 9.18 Å². The zero-order valence-electron chi connectivity index (χ0n) is 10.8. The highest BCUT2D eigenvalue weighted by molar-refractivity contribution is 7.21. The van der Waals surface area contributed by atoms with Gasteiger partial charge in [0.1, 0.15) is 5.82 Å². The molecule has 0 aliphatic rings. The summed E-state index contributed by atoms with van der Waals surface area (Å²) in [7, 11) is 0. The molecule has 0 fully saturated rings. The number of carbonyl (C=O) groups excluding carboxylic acids is 1. The maximum Gasteiger partial charge on any atom is 0.204 e. The number of carbonyl (C=O) groups is 1. The largest absolute Gasteiger partial charge is 0.288 e. The van der Waals surface area contributed by atoms with Crippen LogP contribution in [0.5, 0.6) is 0 Å². The minimum Gasteiger partial charge on any atom is -0.288 e. The summed E-state index contributed by atoms with van der Waals surface area (Å²) < 4.78 is 15.2. The first-order valence-corrected chi connectivity index (χ1v) is 8.12. The second-order valence-corrected chi connectivity index (χ2v) is 6.76. The topological polar surface area (TPSA) is 17.1 Å². The first-order chi connectivity index (χ1) is 10.2. The van der Waals surface area contributed by atoms with Crippen LogP contribution in [-0.2, 0) is 0 Å². The fourth-order valence-electron chi connectivity index (χ4n) is 2.40. The fraction of sp³-hybridized carbons (Fsp3) is 0. The summed E-state index contributed by atoms with van der Waals surface area (Å²) in [5, 5.41) is 3.79. The number of hydrogen-bond donors (Lipinski definition) is 0. The molecule has 0 bridgehead atoms. The summed E-state index contributed by atoms with van der Waals surface area (Å²) in [5.41, 5.74) is 0.725. The van der Waals surface area contributed by atoms with E-state index in [1.165, 1.54) is 23.5 Å². The molecule has 0 aliphatic carbocycles. The Balaban J connectivity index is 1.86. The summed E-state index contributed by atoms with van der Waals surface area (Å²) in [5.74, 6) is -0.265. The molecule has 4 aromatic rings. The lowest BCUT2D eigenvalue weighted by molar-refractivity contribution is 0.104. The van der Waals surface area contributed by atoms with Gasteiger partial charge in [0, 0.05) is 25.7 Å². The van der Waals surface area contributed by atoms with Gasteiger partial charge in [0.2, 0.25) is 5.78 Å². The first-order valence-electron chi connectivity index (χ1n) is 6.42. The Morgan fingerprint density at radius 2 is 1.86 bits per heavy atom. The van der Waals surface area contributed by atoms with E-state index < -0.39 is 0 Å². The summed E-state index contributed by atoms with van der Waals surface area (Å²) in [6.07, 6.45) is 0. The molecule has 0 radical (unpaired) electrons. The van der Waals surface area contributed by atoms with Crippen LogP contribution < -0.4 is 0 Å². The highest BCUT2D eigenvalue weighted by Gasteiger charge is 2.16. The Hall–Kier alpha value is -2.04. The van der Waals surface area contributed by atoms with Crippen molar-refractivity contribution in [1.29, 1.82) is 0 Å². The molecule has 4 rings (SSSR count). The van der Waals surface area contributed by atoms with Crippen LogP contribution in [0.3, 0.4) is 0 Å². The zero-order valence-corrected chi connectivity index (χ0v) is 12.4. The van der Waals surface area contributed by atoms with Gasteiger partial charge in [0.15, 0.2) is 0 Å². The number of fused-ring (bicyclic) bond motifs is 2. The minimum atomic E-state index is -0.274. The van der Waals surface area contributed by atoms with Crippen LogP contribution in [0.15, 0.2) is 53.9 Å². The molecule has 2 heterocycles. The van der Waals surface area contributed by atoms with Crippen molar-refractivity contribution in [1.82, 2.24) is 0 Å². The Bertz CT molecular complexity index is 981. The normalized spacial score (nSPS) is 11.3. The van der Waals surface area contributed by atoms with Gasteiger partial charge in [-0.25, -0.2) is 4.39 Å². The van der Waals surface area contributed by atoms with Crippen molar-refractivity contribution in [2.45, 2.75) is 0 Å². The molecule has 0 saturated carbocycles. The number of ketones is 1. The SMILES string of the molecule is O=C(c1cc2ccc(F)cc2s1)c1csc2ccccc12. The molecule has 0 spiro atoms. The molecule has 2 aromatic carbocycles. The first kappa shape index (κ1) is 12.7. The Morgan fingerprint density at radius 1 is 1.00 bits per heavy atom. The van der Waals surface area contributed by atoms with Gasteiger partial charge in [0.25, 0.3) is 0 Å². The van der Waals surface area contributed by atoms with Crippen molar-refractivity contribution in [3.8, 4) is 0 Å². The van der Waals surface area contributed by atoms with E-state index in [-0.39, 0.29) is 11.6 Å². The molecule has 0 N–H and O–H groups in total. The quantitative estimate of drug-likeness (QED) is 0.448. The van der Waals surface area contributed by atoms with E-state index in [4.69, 9.17) is 0 Å². The van der Waals surface area contributed by atoms with Gasteiger partial charge in [-0.15, -0.1) is 22.7 Å². The van der Waals surface area contributed by atoms with E-state index in [1.54, 1.807) is 17.4 Å². The summed E-state index contributed by atoms with van der Waals surface area (Å²) in [6, 6.07) is 14.3. The lowest BCUT2D eigenvalue weighted by atomic mass is 10.1. The molecule has 0 saturated heterocycles. The van der Waals surface area contributed by atoms with Crippen molar-refractivity contribution in [2.75, 3.05) is 0 Å². The number of hydrogen-bond acceptors (Lipinski definition) is 3. The van der Waals surface area contributed by atoms with Gasteiger partial charge in [0.05, 0.1) is 4.88 Å². The van der Waals surface area contributed by atoms with Crippen molar-refractivity contribution in [3.05, 3.63) is 70.2 Å². The molecule has 21 heavy (non-hydrogen) atoms. The zero-order chi connectivity index (χ0) is 14.4. The number of thiophene rings is 2. The lowest BCUT2D eigenvalue weighted by Crippen LogP contribution is -1.96. The number of benzene rings is 2. The molecule has 0 aliphatic heterocycles. The predicted octanol–water partition coefficient (Wildman–Crippen LogP) is 5.49. The molecule has 2 aromatic heterocycles. The van der Waals surface area contributed by atoms with Crippen LogP contribution in [0.2, 0.25) is 0 Å². The van der Waals surface area contributed by atoms with Crippen molar-refractivity contribution >= 4 is 48.6 Å². The van der Waals surface area contributed by atoms with Crippen LogP contribution in [0.1, 0.15) is 15.2 Å². The molecular weight excluding hydrogens is 303 g/mol. The van der Waals surface area contributed by atoms with Crippen LogP contribution in [0.4, 0.5) is 4.39 Å². The smallest absolute Gasteiger partial charge is 0.204 e. The van der Waals surface area contributed by atoms with Crippen molar-refractivity contribution < 1.29 is 9.18 Å². The van der Waals surface area contributed by atoms with Crippen LogP contribution >= 0.6 is 22.7 Å². The monoisotopic (exact) mass is 312 g/mol. The van der Waals surface area contributed by atoms with Crippen molar-refractivity contribution in [2.24, 2.45) is 0 Å². The third kappa shape index (κ3) is 2.07. The maximum absolute atomic E-state index is 13.3. The van der Waals surface area contributed by atoms with E-state index in [0.29, 0.717) is 4.88 Å². The molecule has 0 unspecified atom stereocenters. The minimum absolute atomic E-state index is 0.00839. The Morgan fingerprint density at radius 3 is 2.76 bits per heavy atom. The molecule has 1 nitrogen and oxygen atoms in total. The van der Waals surface area contributed by atoms with Gasteiger partial charge in [-0.3, -0.25) is 4.79 Å². The highest BCUT2D eigenvalue weighted by atomic mass is 32.1. The van der Waals surface area contributed by atoms with E-state index in [0.717, 1.165) is 25.7 Å². The third-order valence-corrected chi connectivity index (χ3v) is 5.49. The van der Waals surface area contributed by atoms with E-state index >= 15 is 0 Å². The van der Waals surface area contributed by atoms with Crippen LogP contribution in [-0.4, -0.2) is 5.78 Å².